The number of benzene rings is 1. The normalized spacial score (nSPS) is 10.5. The van der Waals surface area contributed by atoms with Crippen molar-refractivity contribution in [1.82, 2.24) is 4.98 Å². The molecule has 16 heavy (non-hydrogen) atoms. The van der Waals surface area contributed by atoms with Crippen molar-refractivity contribution in [2.45, 2.75) is 13.8 Å². The molecule has 0 N–H and O–H groups in total. The molecule has 0 atom stereocenters. The Bertz CT molecular complexity index is 522. The lowest BCUT2D eigenvalue weighted by Gasteiger charge is -2.10. The van der Waals surface area contributed by atoms with E-state index in [1.807, 2.05) is 31.4 Å². The largest absolute Gasteiger partial charge is 0.496 e. The van der Waals surface area contributed by atoms with Gasteiger partial charge >= 0.3 is 0 Å². The van der Waals surface area contributed by atoms with Crippen molar-refractivity contribution in [3.63, 3.8) is 0 Å². The lowest BCUT2D eigenvalue weighted by atomic mass is 10.1. The highest BCUT2D eigenvalue weighted by Crippen LogP contribution is 2.36. The number of hydrogen-bond donors (Lipinski definition) is 0. The van der Waals surface area contributed by atoms with Crippen LogP contribution in [0, 0.1) is 13.8 Å². The first-order chi connectivity index (χ1) is 7.61. The van der Waals surface area contributed by atoms with Gasteiger partial charge in [-0.1, -0.05) is 11.6 Å². The summed E-state index contributed by atoms with van der Waals surface area (Å²) in [6.07, 6.45) is 0. The topological polar surface area (TPSA) is 22.1 Å². The van der Waals surface area contributed by atoms with Crippen molar-refractivity contribution in [2.24, 2.45) is 0 Å². The zero-order valence-electron chi connectivity index (χ0n) is 9.37. The number of halogens is 1. The molecule has 1 aromatic heterocycles. The molecule has 2 aromatic rings. The fourth-order valence-corrected chi connectivity index (χ4v) is 2.72. The highest BCUT2D eigenvalue weighted by molar-refractivity contribution is 7.13. The van der Waals surface area contributed by atoms with Gasteiger partial charge in [0.1, 0.15) is 10.8 Å². The van der Waals surface area contributed by atoms with E-state index in [-0.39, 0.29) is 0 Å². The zero-order valence-corrected chi connectivity index (χ0v) is 10.9. The van der Waals surface area contributed by atoms with Crippen LogP contribution in [0.2, 0.25) is 5.02 Å². The van der Waals surface area contributed by atoms with Crippen LogP contribution in [0.15, 0.2) is 17.5 Å². The van der Waals surface area contributed by atoms with Crippen LogP contribution in [-0.4, -0.2) is 12.1 Å². The Labute approximate surface area is 104 Å². The molecule has 84 valence electrons. The van der Waals surface area contributed by atoms with Crippen molar-refractivity contribution in [2.75, 3.05) is 7.11 Å². The van der Waals surface area contributed by atoms with E-state index in [2.05, 4.69) is 4.98 Å². The van der Waals surface area contributed by atoms with Crippen LogP contribution in [-0.2, 0) is 0 Å². The Kier molecular flexibility index (Phi) is 3.17. The van der Waals surface area contributed by atoms with Crippen molar-refractivity contribution in [1.29, 1.82) is 0 Å². The smallest absolute Gasteiger partial charge is 0.132 e. The van der Waals surface area contributed by atoms with Gasteiger partial charge in [-0.15, -0.1) is 11.3 Å². The summed E-state index contributed by atoms with van der Waals surface area (Å²) in [7, 11) is 1.67. The number of methoxy groups -OCH3 is 1. The van der Waals surface area contributed by atoms with Crippen molar-refractivity contribution in [3.05, 3.63) is 33.8 Å². The molecular formula is C12H12ClNOS. The monoisotopic (exact) mass is 253 g/mol. The quantitative estimate of drug-likeness (QED) is 0.804. The number of rotatable bonds is 2. The molecule has 0 bridgehead atoms. The first kappa shape index (κ1) is 11.4. The van der Waals surface area contributed by atoms with E-state index in [4.69, 9.17) is 16.3 Å². The minimum atomic E-state index is 0.709. The van der Waals surface area contributed by atoms with Crippen LogP contribution < -0.4 is 4.74 Å². The Hall–Kier alpha value is -1.06. The second kappa shape index (κ2) is 4.44. The highest BCUT2D eigenvalue weighted by Gasteiger charge is 2.12. The molecule has 0 unspecified atom stereocenters. The molecule has 0 amide bonds. The van der Waals surface area contributed by atoms with E-state index in [1.54, 1.807) is 18.4 Å². The summed E-state index contributed by atoms with van der Waals surface area (Å²) in [5.41, 5.74) is 3.00. The van der Waals surface area contributed by atoms with E-state index in [9.17, 15) is 0 Å². The Balaban J connectivity index is 2.63. The molecule has 0 spiro atoms. The minimum Gasteiger partial charge on any atom is -0.496 e. The SMILES string of the molecule is COc1c(C)cc(Cl)cc1-c1nc(C)cs1. The van der Waals surface area contributed by atoms with Gasteiger partial charge in [0.05, 0.1) is 12.7 Å². The molecule has 0 aliphatic carbocycles. The summed E-state index contributed by atoms with van der Waals surface area (Å²) in [4.78, 5) is 4.45. The summed E-state index contributed by atoms with van der Waals surface area (Å²) in [6.45, 7) is 3.96. The van der Waals surface area contributed by atoms with Gasteiger partial charge in [0.15, 0.2) is 0 Å². The molecule has 0 saturated heterocycles. The van der Waals surface area contributed by atoms with Gasteiger partial charge in [-0.05, 0) is 31.5 Å². The molecule has 4 heteroatoms. The molecule has 2 rings (SSSR count). The second-order valence-corrected chi connectivity index (χ2v) is 4.89. The number of ether oxygens (including phenoxy) is 1. The summed E-state index contributed by atoms with van der Waals surface area (Å²) in [5, 5.41) is 3.67. The number of nitrogens with zero attached hydrogens (tertiary/aromatic N) is 1. The Morgan fingerprint density at radius 2 is 2.06 bits per heavy atom. The molecule has 0 radical (unpaired) electrons. The van der Waals surface area contributed by atoms with E-state index < -0.39 is 0 Å². The first-order valence-corrected chi connectivity index (χ1v) is 6.14. The lowest BCUT2D eigenvalue weighted by Crippen LogP contribution is -1.91. The predicted molar refractivity (Wildman–Crippen MR) is 68.6 cm³/mol. The molecule has 0 fully saturated rings. The van der Waals surface area contributed by atoms with Crippen LogP contribution >= 0.6 is 22.9 Å². The van der Waals surface area contributed by atoms with Gasteiger partial charge < -0.3 is 4.74 Å². The second-order valence-electron chi connectivity index (χ2n) is 3.60. The van der Waals surface area contributed by atoms with Crippen LogP contribution in [0.25, 0.3) is 10.6 Å². The number of hydrogen-bond acceptors (Lipinski definition) is 3. The number of thiazole rings is 1. The van der Waals surface area contributed by atoms with E-state index in [0.29, 0.717) is 5.02 Å². The number of aromatic nitrogens is 1. The van der Waals surface area contributed by atoms with Crippen LogP contribution in [0.4, 0.5) is 0 Å². The maximum Gasteiger partial charge on any atom is 0.132 e. The zero-order chi connectivity index (χ0) is 11.7. The molecule has 0 saturated carbocycles. The van der Waals surface area contributed by atoms with E-state index in [0.717, 1.165) is 27.6 Å². The number of aryl methyl sites for hydroxylation is 2. The minimum absolute atomic E-state index is 0.709. The van der Waals surface area contributed by atoms with Gasteiger partial charge in [0.2, 0.25) is 0 Å². The average Bonchev–Trinajstić information content (AvgIpc) is 2.63. The van der Waals surface area contributed by atoms with Crippen LogP contribution in [0.5, 0.6) is 5.75 Å². The molecule has 0 aliphatic rings. The van der Waals surface area contributed by atoms with Crippen molar-refractivity contribution >= 4 is 22.9 Å². The lowest BCUT2D eigenvalue weighted by molar-refractivity contribution is 0.413. The third-order valence-electron chi connectivity index (χ3n) is 2.29. The van der Waals surface area contributed by atoms with Crippen molar-refractivity contribution in [3.8, 4) is 16.3 Å². The van der Waals surface area contributed by atoms with E-state index >= 15 is 0 Å². The highest BCUT2D eigenvalue weighted by atomic mass is 35.5. The standard InChI is InChI=1S/C12H12ClNOS/c1-7-4-9(13)5-10(11(7)15-3)12-14-8(2)6-16-12/h4-6H,1-3H3. The van der Waals surface area contributed by atoms with Gasteiger partial charge in [-0.3, -0.25) is 0 Å². The van der Waals surface area contributed by atoms with Crippen LogP contribution in [0.1, 0.15) is 11.3 Å². The molecule has 1 aromatic carbocycles. The third-order valence-corrected chi connectivity index (χ3v) is 3.50. The summed E-state index contributed by atoms with van der Waals surface area (Å²) in [6, 6.07) is 3.79. The summed E-state index contributed by atoms with van der Waals surface area (Å²) in [5.74, 6) is 0.846. The maximum absolute atomic E-state index is 6.06. The van der Waals surface area contributed by atoms with Gasteiger partial charge in [0, 0.05) is 16.1 Å². The predicted octanol–water partition coefficient (Wildman–Crippen LogP) is 4.09. The summed E-state index contributed by atoms with van der Waals surface area (Å²) < 4.78 is 5.40. The average molecular weight is 254 g/mol. The molecule has 1 heterocycles. The maximum atomic E-state index is 6.06. The molecule has 2 nitrogen and oxygen atoms in total. The van der Waals surface area contributed by atoms with Gasteiger partial charge in [0.25, 0.3) is 0 Å². The summed E-state index contributed by atoms with van der Waals surface area (Å²) >= 11 is 7.66. The molecular weight excluding hydrogens is 242 g/mol. The van der Waals surface area contributed by atoms with E-state index in [1.165, 1.54) is 0 Å². The van der Waals surface area contributed by atoms with Crippen LogP contribution in [0.3, 0.4) is 0 Å². The van der Waals surface area contributed by atoms with Gasteiger partial charge in [-0.25, -0.2) is 4.98 Å². The molecule has 0 aliphatic heterocycles. The van der Waals surface area contributed by atoms with Gasteiger partial charge in [-0.2, -0.15) is 0 Å². The third kappa shape index (κ3) is 2.06. The Morgan fingerprint density at radius 3 is 2.62 bits per heavy atom. The fraction of sp³-hybridized carbons (Fsp3) is 0.250. The Morgan fingerprint density at radius 1 is 1.31 bits per heavy atom. The first-order valence-electron chi connectivity index (χ1n) is 4.88. The fourth-order valence-electron chi connectivity index (χ4n) is 1.64. The van der Waals surface area contributed by atoms with Crippen molar-refractivity contribution < 1.29 is 4.74 Å².